The highest BCUT2D eigenvalue weighted by Gasteiger charge is 2.16. The summed E-state index contributed by atoms with van der Waals surface area (Å²) in [7, 11) is 0. The summed E-state index contributed by atoms with van der Waals surface area (Å²) in [4.78, 5) is 28.9. The Balaban J connectivity index is 1.20. The number of nitrogens with one attached hydrogen (secondary N) is 4. The van der Waals surface area contributed by atoms with Gasteiger partial charge >= 0.3 is 12.1 Å². The Hall–Kier alpha value is -1.94. The van der Waals surface area contributed by atoms with Crippen LogP contribution in [-0.2, 0) is 0 Å². The van der Waals surface area contributed by atoms with E-state index in [1.54, 1.807) is 36.4 Å². The fraction of sp³-hybridized carbons (Fsp3) is 0.417. The third kappa shape index (κ3) is 9.84. The van der Waals surface area contributed by atoms with Crippen LogP contribution < -0.4 is 21.3 Å². The van der Waals surface area contributed by atoms with E-state index in [4.69, 9.17) is 46.4 Å². The van der Waals surface area contributed by atoms with Crippen molar-refractivity contribution < 1.29 is 9.59 Å². The molecule has 0 saturated carbocycles. The summed E-state index contributed by atoms with van der Waals surface area (Å²) in [5.74, 6) is 0. The van der Waals surface area contributed by atoms with Crippen LogP contribution in [0.1, 0.15) is 12.8 Å². The number of urea groups is 2. The quantitative estimate of drug-likeness (QED) is 0.276. The van der Waals surface area contributed by atoms with Gasteiger partial charge in [0.15, 0.2) is 0 Å². The Bertz CT molecular complexity index is 952. The number of benzene rings is 2. The molecule has 0 aliphatic carbocycles. The zero-order valence-electron chi connectivity index (χ0n) is 19.8. The summed E-state index contributed by atoms with van der Waals surface area (Å²) >= 11 is 23.7. The van der Waals surface area contributed by atoms with E-state index in [2.05, 4.69) is 31.1 Å². The first-order valence-electron chi connectivity index (χ1n) is 11.7. The summed E-state index contributed by atoms with van der Waals surface area (Å²) in [6.45, 7) is 6.98. The maximum Gasteiger partial charge on any atom is 0.319 e. The fourth-order valence-electron chi connectivity index (χ4n) is 3.74. The van der Waals surface area contributed by atoms with Gasteiger partial charge in [-0.15, -0.1) is 0 Å². The standard InChI is InChI=1S/C24H30Cl4N6O2/c25-19-5-3-17(15-21(19)27)31-23(35)29-7-1-9-33-11-13-34(14-12-33)10-2-8-30-24(36)32-18-4-6-20(26)22(28)16-18/h3-6,15-16H,1-2,7-14H2,(H2,29,31,35)(H2,30,32,36). The predicted molar refractivity (Wildman–Crippen MR) is 149 cm³/mol. The minimum atomic E-state index is -0.266. The maximum atomic E-state index is 12.0. The molecule has 1 aliphatic heterocycles. The summed E-state index contributed by atoms with van der Waals surface area (Å²) < 4.78 is 0. The normalized spacial score (nSPS) is 14.3. The highest BCUT2D eigenvalue weighted by atomic mass is 35.5. The number of anilines is 2. The zero-order valence-corrected chi connectivity index (χ0v) is 22.8. The highest BCUT2D eigenvalue weighted by molar-refractivity contribution is 6.42. The lowest BCUT2D eigenvalue weighted by Gasteiger charge is -2.34. The van der Waals surface area contributed by atoms with Gasteiger partial charge in [0.2, 0.25) is 0 Å². The van der Waals surface area contributed by atoms with Crippen molar-refractivity contribution in [3.63, 3.8) is 0 Å². The molecule has 1 fully saturated rings. The zero-order chi connectivity index (χ0) is 25.9. The molecule has 196 valence electrons. The molecular weight excluding hydrogens is 546 g/mol. The fourth-order valence-corrected chi connectivity index (χ4v) is 4.34. The monoisotopic (exact) mass is 574 g/mol. The van der Waals surface area contributed by atoms with Crippen molar-refractivity contribution in [3.8, 4) is 0 Å². The molecule has 0 atom stereocenters. The van der Waals surface area contributed by atoms with Crippen molar-refractivity contribution >= 4 is 69.8 Å². The van der Waals surface area contributed by atoms with E-state index in [1.165, 1.54) is 0 Å². The lowest BCUT2D eigenvalue weighted by Crippen LogP contribution is -2.47. The van der Waals surface area contributed by atoms with Crippen LogP contribution in [0.15, 0.2) is 36.4 Å². The molecule has 0 aromatic heterocycles. The molecule has 0 unspecified atom stereocenters. The Morgan fingerprint density at radius 3 is 1.39 bits per heavy atom. The number of hydrogen-bond acceptors (Lipinski definition) is 4. The SMILES string of the molecule is O=C(NCCCN1CCN(CCCNC(=O)Nc2ccc(Cl)c(Cl)c2)CC1)Nc1ccc(Cl)c(Cl)c1. The van der Waals surface area contributed by atoms with Crippen molar-refractivity contribution in [2.45, 2.75) is 12.8 Å². The van der Waals surface area contributed by atoms with Crippen LogP contribution in [0.3, 0.4) is 0 Å². The van der Waals surface area contributed by atoms with Crippen molar-refractivity contribution in [2.24, 2.45) is 0 Å². The molecule has 1 aliphatic rings. The average Bonchev–Trinajstić information content (AvgIpc) is 2.85. The molecule has 3 rings (SSSR count). The molecule has 1 heterocycles. The molecule has 0 radical (unpaired) electrons. The van der Waals surface area contributed by atoms with Crippen LogP contribution in [0, 0.1) is 0 Å². The average molecular weight is 576 g/mol. The Morgan fingerprint density at radius 1 is 0.639 bits per heavy atom. The van der Waals surface area contributed by atoms with E-state index in [0.29, 0.717) is 44.6 Å². The largest absolute Gasteiger partial charge is 0.338 e. The van der Waals surface area contributed by atoms with Gasteiger partial charge in [-0.25, -0.2) is 9.59 Å². The van der Waals surface area contributed by atoms with E-state index in [1.807, 2.05) is 0 Å². The topological polar surface area (TPSA) is 88.7 Å². The molecule has 36 heavy (non-hydrogen) atoms. The number of rotatable bonds is 10. The number of halogens is 4. The van der Waals surface area contributed by atoms with Crippen molar-refractivity contribution in [1.82, 2.24) is 20.4 Å². The van der Waals surface area contributed by atoms with Crippen molar-refractivity contribution in [1.29, 1.82) is 0 Å². The summed E-state index contributed by atoms with van der Waals surface area (Å²) in [6.07, 6.45) is 1.74. The van der Waals surface area contributed by atoms with Crippen molar-refractivity contribution in [3.05, 3.63) is 56.5 Å². The van der Waals surface area contributed by atoms with E-state index < -0.39 is 0 Å². The second kappa shape index (κ2) is 14.7. The number of hydrogen-bond donors (Lipinski definition) is 4. The number of carbonyl (C=O) groups excluding carboxylic acids is 2. The predicted octanol–water partition coefficient (Wildman–Crippen LogP) is 5.64. The minimum absolute atomic E-state index is 0.266. The van der Waals surface area contributed by atoms with E-state index in [0.717, 1.165) is 52.1 Å². The van der Waals surface area contributed by atoms with Crippen LogP contribution in [0.4, 0.5) is 21.0 Å². The minimum Gasteiger partial charge on any atom is -0.338 e. The molecule has 1 saturated heterocycles. The van der Waals surface area contributed by atoms with Crippen molar-refractivity contribution in [2.75, 3.05) is 63.0 Å². The molecule has 4 amide bonds. The highest BCUT2D eigenvalue weighted by Crippen LogP contribution is 2.25. The third-order valence-electron chi connectivity index (χ3n) is 5.69. The number of amides is 4. The number of nitrogens with zero attached hydrogens (tertiary/aromatic N) is 2. The van der Waals surface area contributed by atoms with Gasteiger partial charge in [-0.2, -0.15) is 0 Å². The number of carbonyl (C=O) groups is 2. The Morgan fingerprint density at radius 2 is 1.03 bits per heavy atom. The van der Waals surface area contributed by atoms with Crippen LogP contribution in [0.25, 0.3) is 0 Å². The molecule has 4 N–H and O–H groups in total. The summed E-state index contributed by atoms with van der Waals surface area (Å²) in [5, 5.41) is 12.9. The lowest BCUT2D eigenvalue weighted by molar-refractivity contribution is 0.130. The first-order valence-corrected chi connectivity index (χ1v) is 13.3. The van der Waals surface area contributed by atoms with E-state index in [-0.39, 0.29) is 12.1 Å². The molecule has 2 aromatic rings. The van der Waals surface area contributed by atoms with Gasteiger partial charge in [0.1, 0.15) is 0 Å². The van der Waals surface area contributed by atoms with Gasteiger partial charge in [-0.3, -0.25) is 0 Å². The Labute approximate surface area is 231 Å². The van der Waals surface area contributed by atoms with Gasteiger partial charge in [0.05, 0.1) is 20.1 Å². The maximum absolute atomic E-state index is 12.0. The molecule has 12 heteroatoms. The molecular formula is C24H30Cl4N6O2. The van der Waals surface area contributed by atoms with Crippen LogP contribution in [0.5, 0.6) is 0 Å². The first-order chi connectivity index (χ1) is 17.3. The first kappa shape index (κ1) is 28.6. The molecule has 0 spiro atoms. The van der Waals surface area contributed by atoms with Gasteiger partial charge in [0.25, 0.3) is 0 Å². The molecule has 0 bridgehead atoms. The summed E-state index contributed by atoms with van der Waals surface area (Å²) in [6, 6.07) is 9.40. The number of piperazine rings is 1. The van der Waals surface area contributed by atoms with Crippen LogP contribution in [0.2, 0.25) is 20.1 Å². The van der Waals surface area contributed by atoms with Crippen LogP contribution in [-0.4, -0.2) is 74.2 Å². The van der Waals surface area contributed by atoms with Gasteiger partial charge in [0, 0.05) is 50.6 Å². The third-order valence-corrected chi connectivity index (χ3v) is 7.17. The van der Waals surface area contributed by atoms with Gasteiger partial charge < -0.3 is 31.1 Å². The second-order valence-electron chi connectivity index (χ2n) is 8.41. The second-order valence-corrected chi connectivity index (χ2v) is 10.0. The van der Waals surface area contributed by atoms with E-state index in [9.17, 15) is 9.59 Å². The molecule has 2 aromatic carbocycles. The Kier molecular flexibility index (Phi) is 11.7. The molecule has 8 nitrogen and oxygen atoms in total. The smallest absolute Gasteiger partial charge is 0.319 e. The van der Waals surface area contributed by atoms with E-state index >= 15 is 0 Å². The summed E-state index contributed by atoms with van der Waals surface area (Å²) in [5.41, 5.74) is 1.20. The van der Waals surface area contributed by atoms with Gasteiger partial charge in [-0.1, -0.05) is 46.4 Å². The van der Waals surface area contributed by atoms with Crippen LogP contribution >= 0.6 is 46.4 Å². The lowest BCUT2D eigenvalue weighted by atomic mass is 10.2. The van der Waals surface area contributed by atoms with Gasteiger partial charge in [-0.05, 0) is 62.3 Å².